The van der Waals surface area contributed by atoms with Gasteiger partial charge in [0.25, 0.3) is 0 Å². The summed E-state index contributed by atoms with van der Waals surface area (Å²) in [5.41, 5.74) is 3.91. The third-order valence-electron chi connectivity index (χ3n) is 9.27. The van der Waals surface area contributed by atoms with Crippen molar-refractivity contribution in [3.05, 3.63) is 161 Å². The molecule has 0 amide bonds. The Balaban J connectivity index is 1.48. The third-order valence-corrected chi connectivity index (χ3v) is 9.27. The first-order chi connectivity index (χ1) is 26.5. The Kier molecular flexibility index (Phi) is 13.7. The van der Waals surface area contributed by atoms with Crippen LogP contribution in [0.2, 0.25) is 0 Å². The molecule has 5 aromatic carbocycles. The van der Waals surface area contributed by atoms with E-state index in [4.69, 9.17) is 37.9 Å². The van der Waals surface area contributed by atoms with Gasteiger partial charge in [0.2, 0.25) is 5.75 Å². The van der Waals surface area contributed by atoms with E-state index in [2.05, 4.69) is 0 Å². The van der Waals surface area contributed by atoms with Crippen LogP contribution >= 0.6 is 0 Å². The number of carboxylic acid groups (broad SMARTS) is 1. The highest BCUT2D eigenvalue weighted by molar-refractivity contribution is 5.92. The monoisotopic (exact) mass is 734 g/mol. The normalized spacial score (nSPS) is 19.6. The van der Waals surface area contributed by atoms with Gasteiger partial charge in [0.1, 0.15) is 30.5 Å². The lowest BCUT2D eigenvalue weighted by molar-refractivity contribution is -0.275. The molecule has 0 bridgehead atoms. The van der Waals surface area contributed by atoms with Crippen LogP contribution in [0.1, 0.15) is 44.3 Å². The molecule has 0 radical (unpaired) electrons. The minimum absolute atomic E-state index is 0.0967. The van der Waals surface area contributed by atoms with E-state index in [9.17, 15) is 9.90 Å². The summed E-state index contributed by atoms with van der Waals surface area (Å²) in [6, 6.07) is 40.6. The first kappa shape index (κ1) is 38.5. The number of benzene rings is 5. The van der Waals surface area contributed by atoms with E-state index in [-0.39, 0.29) is 54.8 Å². The molecule has 0 saturated carbocycles. The predicted octanol–water partition coefficient (Wildman–Crippen LogP) is 7.82. The molecule has 1 N–H and O–H groups in total. The van der Waals surface area contributed by atoms with E-state index in [1.54, 1.807) is 0 Å². The average molecular weight is 735 g/mol. The summed E-state index contributed by atoms with van der Waals surface area (Å²) in [6.45, 7) is 1.07. The lowest BCUT2D eigenvalue weighted by Gasteiger charge is -2.47. The fourth-order valence-electron chi connectivity index (χ4n) is 6.66. The lowest BCUT2D eigenvalue weighted by Crippen LogP contribution is -2.58. The lowest BCUT2D eigenvalue weighted by atomic mass is 9.87. The Morgan fingerprint density at radius 1 is 0.574 bits per heavy atom. The summed E-state index contributed by atoms with van der Waals surface area (Å²) in [7, 11) is 4.35. The molecule has 0 aromatic heterocycles. The Hall–Kier alpha value is -5.23. The van der Waals surface area contributed by atoms with Crippen LogP contribution in [0.15, 0.2) is 127 Å². The van der Waals surface area contributed by atoms with Gasteiger partial charge in [-0.1, -0.05) is 121 Å². The van der Waals surface area contributed by atoms with Crippen molar-refractivity contribution in [2.24, 2.45) is 0 Å². The minimum atomic E-state index is -1.21. The van der Waals surface area contributed by atoms with Crippen molar-refractivity contribution in [2.75, 3.05) is 27.9 Å². The fraction of sp³-hybridized carbons (Fsp3) is 0.295. The molecule has 1 aliphatic rings. The van der Waals surface area contributed by atoms with Crippen LogP contribution in [0, 0.1) is 0 Å². The third kappa shape index (κ3) is 9.46. The maximum absolute atomic E-state index is 13.1. The van der Waals surface area contributed by atoms with Crippen LogP contribution in [0.5, 0.6) is 17.2 Å². The summed E-state index contributed by atoms with van der Waals surface area (Å²) in [5, 5.41) is 10.7. The second kappa shape index (κ2) is 19.2. The predicted molar refractivity (Wildman–Crippen MR) is 202 cm³/mol. The number of ether oxygens (including phenoxy) is 8. The topological polar surface area (TPSA) is 111 Å². The van der Waals surface area contributed by atoms with Gasteiger partial charge in [-0.05, 0) is 28.3 Å². The van der Waals surface area contributed by atoms with Crippen molar-refractivity contribution in [1.29, 1.82) is 0 Å². The highest BCUT2D eigenvalue weighted by Gasteiger charge is 2.51. The Morgan fingerprint density at radius 3 is 1.46 bits per heavy atom. The molecule has 0 unspecified atom stereocenters. The summed E-state index contributed by atoms with van der Waals surface area (Å²) >= 11 is 0. The van der Waals surface area contributed by atoms with Crippen molar-refractivity contribution in [3.8, 4) is 17.2 Å². The number of rotatable bonds is 18. The number of carbonyl (C=O) groups is 1. The van der Waals surface area contributed by atoms with Gasteiger partial charge in [-0.25, -0.2) is 4.79 Å². The second-order valence-corrected chi connectivity index (χ2v) is 12.8. The van der Waals surface area contributed by atoms with Crippen LogP contribution in [0.3, 0.4) is 0 Å². The van der Waals surface area contributed by atoms with E-state index >= 15 is 0 Å². The number of hydrogen-bond acceptors (Lipinski definition) is 9. The first-order valence-electron chi connectivity index (χ1n) is 17.8. The summed E-state index contributed by atoms with van der Waals surface area (Å²) < 4.78 is 51.0. The molecule has 5 atom stereocenters. The summed E-state index contributed by atoms with van der Waals surface area (Å²) in [5.74, 6) is -0.666. The van der Waals surface area contributed by atoms with Gasteiger partial charge in [-0.15, -0.1) is 0 Å². The van der Waals surface area contributed by atoms with E-state index in [0.717, 1.165) is 22.3 Å². The molecule has 54 heavy (non-hydrogen) atoms. The SMILES string of the molecule is COc1cc(C(=O)O)c([C@@H]2O[C@H](COCc3ccccc3)[C@@H](OCc3ccccc3)[C@H](OCc3ccccc3)[C@H]2OCc2ccccc2)c(OC)c1OC. The molecule has 1 fully saturated rings. The maximum atomic E-state index is 13.1. The molecule has 10 heteroatoms. The maximum Gasteiger partial charge on any atom is 0.336 e. The van der Waals surface area contributed by atoms with Gasteiger partial charge in [0.05, 0.1) is 59.9 Å². The Labute approximate surface area is 316 Å². The minimum Gasteiger partial charge on any atom is -0.493 e. The zero-order valence-electron chi connectivity index (χ0n) is 30.7. The zero-order chi connectivity index (χ0) is 37.7. The molecule has 1 heterocycles. The van der Waals surface area contributed by atoms with Gasteiger partial charge < -0.3 is 43.0 Å². The molecule has 1 aliphatic heterocycles. The highest BCUT2D eigenvalue weighted by atomic mass is 16.6. The average Bonchev–Trinajstić information content (AvgIpc) is 3.22. The molecule has 282 valence electrons. The zero-order valence-corrected chi connectivity index (χ0v) is 30.7. The van der Waals surface area contributed by atoms with Gasteiger partial charge in [-0.2, -0.15) is 0 Å². The van der Waals surface area contributed by atoms with Crippen molar-refractivity contribution >= 4 is 5.97 Å². The molecular formula is C44H46O10. The van der Waals surface area contributed by atoms with E-state index in [1.165, 1.54) is 27.4 Å². The Morgan fingerprint density at radius 2 is 1.02 bits per heavy atom. The number of hydrogen-bond donors (Lipinski definition) is 1. The van der Waals surface area contributed by atoms with Gasteiger partial charge in [0, 0.05) is 5.56 Å². The van der Waals surface area contributed by atoms with Crippen molar-refractivity contribution in [3.63, 3.8) is 0 Å². The summed E-state index contributed by atoms with van der Waals surface area (Å²) in [6.07, 6.45) is -4.23. The summed E-state index contributed by atoms with van der Waals surface area (Å²) in [4.78, 5) is 13.1. The molecule has 1 saturated heterocycles. The first-order valence-corrected chi connectivity index (χ1v) is 17.8. The van der Waals surface area contributed by atoms with Gasteiger partial charge >= 0.3 is 5.97 Å². The number of aromatic carboxylic acids is 1. The van der Waals surface area contributed by atoms with Crippen LogP contribution in [0.25, 0.3) is 0 Å². The van der Waals surface area contributed by atoms with Crippen molar-refractivity contribution in [2.45, 2.75) is 56.9 Å². The number of methoxy groups -OCH3 is 3. The Bertz CT molecular complexity index is 1890. The molecule has 6 rings (SSSR count). The second-order valence-electron chi connectivity index (χ2n) is 12.8. The number of carboxylic acids is 1. The fourth-order valence-corrected chi connectivity index (χ4v) is 6.66. The standard InChI is InChI=1S/C44H46O10/c1-47-35-24-34(44(45)46)37(40(49-3)38(35)48-2)41-43(53-28-33-22-14-7-15-23-33)42(52-27-32-20-12-6-13-21-32)39(51-26-31-18-10-5-11-19-31)36(54-41)29-50-25-30-16-8-4-9-17-30/h4-24,36,39,41-43H,25-29H2,1-3H3,(H,45,46)/t36-,39-,41+,42+,43+/m1/s1. The van der Waals surface area contributed by atoms with Crippen LogP contribution in [-0.2, 0) is 50.1 Å². The van der Waals surface area contributed by atoms with Gasteiger partial charge in [-0.3, -0.25) is 0 Å². The van der Waals surface area contributed by atoms with E-state index in [0.29, 0.717) is 6.61 Å². The molecular weight excluding hydrogens is 688 g/mol. The van der Waals surface area contributed by atoms with E-state index < -0.39 is 36.5 Å². The molecule has 0 aliphatic carbocycles. The van der Waals surface area contributed by atoms with Crippen molar-refractivity contribution < 1.29 is 47.8 Å². The van der Waals surface area contributed by atoms with Gasteiger partial charge in [0.15, 0.2) is 11.5 Å². The quantitative estimate of drug-likeness (QED) is 0.0957. The van der Waals surface area contributed by atoms with Crippen LogP contribution in [-0.4, -0.2) is 63.4 Å². The molecule has 10 nitrogen and oxygen atoms in total. The highest BCUT2D eigenvalue weighted by Crippen LogP contribution is 2.49. The van der Waals surface area contributed by atoms with Crippen LogP contribution < -0.4 is 14.2 Å². The van der Waals surface area contributed by atoms with Crippen molar-refractivity contribution in [1.82, 2.24) is 0 Å². The van der Waals surface area contributed by atoms with E-state index in [1.807, 2.05) is 121 Å². The van der Waals surface area contributed by atoms with Crippen LogP contribution in [0.4, 0.5) is 0 Å². The molecule has 0 spiro atoms. The molecule has 5 aromatic rings. The smallest absolute Gasteiger partial charge is 0.336 e. The largest absolute Gasteiger partial charge is 0.493 e.